The van der Waals surface area contributed by atoms with Crippen molar-refractivity contribution in [1.29, 1.82) is 0 Å². The predicted molar refractivity (Wildman–Crippen MR) is 98.0 cm³/mol. The van der Waals surface area contributed by atoms with E-state index in [0.29, 0.717) is 30.8 Å². The summed E-state index contributed by atoms with van der Waals surface area (Å²) in [5.74, 6) is 1.49. The summed E-state index contributed by atoms with van der Waals surface area (Å²) in [4.78, 5) is 17.1. The number of aromatic nitrogens is 3. The van der Waals surface area contributed by atoms with Crippen LogP contribution < -0.4 is 10.6 Å². The second-order valence-electron chi connectivity index (χ2n) is 6.73. The van der Waals surface area contributed by atoms with Crippen LogP contribution >= 0.6 is 0 Å². The minimum absolute atomic E-state index is 0.244. The third kappa shape index (κ3) is 4.43. The number of nitrogens with zero attached hydrogens (tertiary/aromatic N) is 5. The molecule has 1 aliphatic rings. The summed E-state index contributed by atoms with van der Waals surface area (Å²) in [5.41, 5.74) is 6.78. The van der Waals surface area contributed by atoms with Gasteiger partial charge in [0.1, 0.15) is 5.82 Å². The molecule has 0 saturated carbocycles. The quantitative estimate of drug-likeness (QED) is 0.824. The standard InChI is InChI=1S/C18H26N6O/c1-23(2)18-21-16(20-17(19)22-18)12-24-10-6-9-14(24)11-15(25)13-7-4-3-5-8-13/h3-5,7-8,14-15,25H,6,9-12H2,1-2H3,(H2,19,20,21,22)/t14-,15+/m0/s1. The van der Waals surface area contributed by atoms with E-state index in [4.69, 9.17) is 5.73 Å². The average molecular weight is 342 g/mol. The summed E-state index contributed by atoms with van der Waals surface area (Å²) >= 11 is 0. The molecule has 7 nitrogen and oxygen atoms in total. The van der Waals surface area contributed by atoms with Crippen molar-refractivity contribution in [3.63, 3.8) is 0 Å². The molecule has 0 spiro atoms. The summed E-state index contributed by atoms with van der Waals surface area (Å²) < 4.78 is 0. The number of benzene rings is 1. The molecule has 3 rings (SSSR count). The molecule has 2 aromatic rings. The van der Waals surface area contributed by atoms with Crippen LogP contribution in [0.15, 0.2) is 30.3 Å². The molecule has 1 aromatic heterocycles. The molecule has 2 atom stereocenters. The molecule has 0 bridgehead atoms. The van der Waals surface area contributed by atoms with Gasteiger partial charge in [-0.05, 0) is 31.4 Å². The molecule has 7 heteroatoms. The topological polar surface area (TPSA) is 91.4 Å². The fourth-order valence-electron chi connectivity index (χ4n) is 3.32. The Morgan fingerprint density at radius 3 is 2.72 bits per heavy atom. The third-order valence-corrected chi connectivity index (χ3v) is 4.61. The minimum atomic E-state index is -0.451. The fraction of sp³-hybridized carbons (Fsp3) is 0.500. The van der Waals surface area contributed by atoms with Crippen LogP contribution in [-0.2, 0) is 6.54 Å². The molecule has 0 amide bonds. The molecule has 134 valence electrons. The summed E-state index contributed by atoms with van der Waals surface area (Å²) in [6.07, 6.45) is 2.45. The van der Waals surface area contributed by atoms with Crippen molar-refractivity contribution >= 4 is 11.9 Å². The Morgan fingerprint density at radius 2 is 2.00 bits per heavy atom. The van der Waals surface area contributed by atoms with Gasteiger partial charge in [-0.1, -0.05) is 30.3 Å². The van der Waals surface area contributed by atoms with Crippen molar-refractivity contribution in [1.82, 2.24) is 19.9 Å². The highest BCUT2D eigenvalue weighted by atomic mass is 16.3. The van der Waals surface area contributed by atoms with Crippen LogP contribution in [0.2, 0.25) is 0 Å². The maximum atomic E-state index is 10.5. The van der Waals surface area contributed by atoms with E-state index in [9.17, 15) is 5.11 Å². The Morgan fingerprint density at radius 1 is 1.24 bits per heavy atom. The summed E-state index contributed by atoms with van der Waals surface area (Å²) in [6, 6.07) is 10.1. The SMILES string of the molecule is CN(C)c1nc(N)nc(CN2CCC[C@H]2C[C@@H](O)c2ccccc2)n1. The van der Waals surface area contributed by atoms with E-state index in [0.717, 1.165) is 24.9 Å². The lowest BCUT2D eigenvalue weighted by Crippen LogP contribution is -2.31. The van der Waals surface area contributed by atoms with Crippen molar-refractivity contribution in [2.45, 2.75) is 38.0 Å². The van der Waals surface area contributed by atoms with Gasteiger partial charge in [-0.25, -0.2) is 0 Å². The average Bonchev–Trinajstić information content (AvgIpc) is 3.01. The maximum absolute atomic E-state index is 10.5. The number of hydrogen-bond acceptors (Lipinski definition) is 7. The van der Waals surface area contributed by atoms with E-state index in [1.165, 1.54) is 0 Å². The summed E-state index contributed by atoms with van der Waals surface area (Å²) in [5, 5.41) is 10.5. The molecule has 0 unspecified atom stereocenters. The lowest BCUT2D eigenvalue weighted by molar-refractivity contribution is 0.117. The number of aliphatic hydroxyl groups is 1. The van der Waals surface area contributed by atoms with Crippen molar-refractivity contribution in [3.8, 4) is 0 Å². The van der Waals surface area contributed by atoms with Crippen LogP contribution in [0.25, 0.3) is 0 Å². The number of anilines is 2. The number of rotatable bonds is 6. The largest absolute Gasteiger partial charge is 0.388 e. The lowest BCUT2D eigenvalue weighted by Gasteiger charge is -2.26. The second-order valence-corrected chi connectivity index (χ2v) is 6.73. The molecule has 1 aliphatic heterocycles. The normalized spacial score (nSPS) is 19.1. The maximum Gasteiger partial charge on any atom is 0.229 e. The van der Waals surface area contributed by atoms with E-state index in [2.05, 4.69) is 19.9 Å². The Balaban J connectivity index is 1.68. The molecule has 1 aromatic carbocycles. The van der Waals surface area contributed by atoms with E-state index in [1.54, 1.807) is 0 Å². The number of nitrogens with two attached hydrogens (primary N) is 1. The molecule has 0 radical (unpaired) electrons. The van der Waals surface area contributed by atoms with Crippen LogP contribution in [0.3, 0.4) is 0 Å². The molecular weight excluding hydrogens is 316 g/mol. The molecule has 1 fully saturated rings. The predicted octanol–water partition coefficient (Wildman–Crippen LogP) is 1.61. The van der Waals surface area contributed by atoms with Gasteiger partial charge in [-0.15, -0.1) is 0 Å². The third-order valence-electron chi connectivity index (χ3n) is 4.61. The minimum Gasteiger partial charge on any atom is -0.388 e. The van der Waals surface area contributed by atoms with Gasteiger partial charge >= 0.3 is 0 Å². The van der Waals surface area contributed by atoms with Crippen LogP contribution in [-0.4, -0.2) is 51.6 Å². The first-order chi connectivity index (χ1) is 12.0. The Kier molecular flexibility index (Phi) is 5.45. The zero-order chi connectivity index (χ0) is 17.8. The highest BCUT2D eigenvalue weighted by molar-refractivity contribution is 5.32. The van der Waals surface area contributed by atoms with E-state index in [1.807, 2.05) is 49.3 Å². The highest BCUT2D eigenvalue weighted by Gasteiger charge is 2.28. The first kappa shape index (κ1) is 17.6. The van der Waals surface area contributed by atoms with E-state index >= 15 is 0 Å². The molecule has 2 heterocycles. The van der Waals surface area contributed by atoms with Crippen LogP contribution in [0, 0.1) is 0 Å². The van der Waals surface area contributed by atoms with Crippen LogP contribution in [0.1, 0.15) is 36.8 Å². The fourth-order valence-corrected chi connectivity index (χ4v) is 3.32. The smallest absolute Gasteiger partial charge is 0.229 e. The van der Waals surface area contributed by atoms with Gasteiger partial charge in [0.2, 0.25) is 11.9 Å². The monoisotopic (exact) mass is 342 g/mol. The molecule has 25 heavy (non-hydrogen) atoms. The number of aliphatic hydroxyl groups excluding tert-OH is 1. The van der Waals surface area contributed by atoms with Crippen LogP contribution in [0.4, 0.5) is 11.9 Å². The molecule has 0 aliphatic carbocycles. The Labute approximate surface area is 148 Å². The summed E-state index contributed by atoms with van der Waals surface area (Å²) in [6.45, 7) is 1.61. The first-order valence-electron chi connectivity index (χ1n) is 8.67. The van der Waals surface area contributed by atoms with Gasteiger partial charge < -0.3 is 15.7 Å². The first-order valence-corrected chi connectivity index (χ1v) is 8.67. The van der Waals surface area contributed by atoms with E-state index < -0.39 is 6.10 Å². The van der Waals surface area contributed by atoms with Crippen molar-refractivity contribution in [2.75, 3.05) is 31.3 Å². The van der Waals surface area contributed by atoms with Gasteiger partial charge in [0, 0.05) is 20.1 Å². The number of hydrogen-bond donors (Lipinski definition) is 2. The van der Waals surface area contributed by atoms with Crippen molar-refractivity contribution in [3.05, 3.63) is 41.7 Å². The summed E-state index contributed by atoms with van der Waals surface area (Å²) in [7, 11) is 3.76. The number of nitrogen functional groups attached to an aromatic ring is 1. The van der Waals surface area contributed by atoms with Gasteiger partial charge in [0.05, 0.1) is 12.6 Å². The molecule has 3 N–H and O–H groups in total. The van der Waals surface area contributed by atoms with Crippen molar-refractivity contribution in [2.24, 2.45) is 0 Å². The molecular formula is C18H26N6O. The molecule has 1 saturated heterocycles. The van der Waals surface area contributed by atoms with Crippen LogP contribution in [0.5, 0.6) is 0 Å². The van der Waals surface area contributed by atoms with Crippen molar-refractivity contribution < 1.29 is 5.11 Å². The Bertz CT molecular complexity index is 693. The van der Waals surface area contributed by atoms with Gasteiger partial charge in [-0.3, -0.25) is 4.90 Å². The lowest BCUT2D eigenvalue weighted by atomic mass is 10.0. The van der Waals surface area contributed by atoms with Gasteiger partial charge in [0.15, 0.2) is 0 Å². The second kappa shape index (κ2) is 7.76. The Hall–Kier alpha value is -2.25. The zero-order valence-corrected chi connectivity index (χ0v) is 14.8. The number of likely N-dealkylation sites (tertiary alicyclic amines) is 1. The van der Waals surface area contributed by atoms with Gasteiger partial charge in [-0.2, -0.15) is 15.0 Å². The zero-order valence-electron chi connectivity index (χ0n) is 14.8. The van der Waals surface area contributed by atoms with Gasteiger partial charge in [0.25, 0.3) is 0 Å². The highest BCUT2D eigenvalue weighted by Crippen LogP contribution is 2.28. The van der Waals surface area contributed by atoms with E-state index in [-0.39, 0.29) is 5.95 Å².